The van der Waals surface area contributed by atoms with E-state index in [0.717, 1.165) is 15.9 Å². The van der Waals surface area contributed by atoms with E-state index in [4.69, 9.17) is 5.73 Å². The van der Waals surface area contributed by atoms with Crippen LogP contribution >= 0.6 is 27.3 Å². The minimum absolute atomic E-state index is 0.615. The van der Waals surface area contributed by atoms with Gasteiger partial charge in [-0.25, -0.2) is 4.98 Å². The fraction of sp³-hybridized carbons (Fsp3) is 0.182. The number of halogens is 1. The molecule has 3 nitrogen and oxygen atoms in total. The van der Waals surface area contributed by atoms with Crippen LogP contribution in [-0.2, 0) is 6.54 Å². The molecular weight excluding hydrogens is 286 g/mol. The normalized spacial score (nSPS) is 10.4. The first kappa shape index (κ1) is 11.4. The van der Waals surface area contributed by atoms with E-state index in [1.807, 2.05) is 17.5 Å². The zero-order valence-electron chi connectivity index (χ0n) is 8.83. The molecule has 16 heavy (non-hydrogen) atoms. The molecule has 2 rings (SSSR count). The Bertz CT molecular complexity index is 496. The van der Waals surface area contributed by atoms with Crippen LogP contribution in [0.15, 0.2) is 28.1 Å². The topological polar surface area (TPSA) is 50.9 Å². The molecule has 0 bridgehead atoms. The zero-order valence-corrected chi connectivity index (χ0v) is 11.2. The minimum Gasteiger partial charge on any atom is -0.379 e. The van der Waals surface area contributed by atoms with Crippen LogP contribution < -0.4 is 11.1 Å². The van der Waals surface area contributed by atoms with Crippen LogP contribution in [0.4, 0.5) is 10.8 Å². The van der Waals surface area contributed by atoms with Crippen LogP contribution in [0.25, 0.3) is 0 Å². The Balaban J connectivity index is 2.02. The van der Waals surface area contributed by atoms with Crippen molar-refractivity contribution >= 4 is 38.1 Å². The summed E-state index contributed by atoms with van der Waals surface area (Å²) < 4.78 is 1.12. The summed E-state index contributed by atoms with van der Waals surface area (Å²) in [6, 6.07) is 6.17. The highest BCUT2D eigenvalue weighted by atomic mass is 79.9. The lowest BCUT2D eigenvalue weighted by atomic mass is 10.2. The van der Waals surface area contributed by atoms with Gasteiger partial charge in [-0.2, -0.15) is 0 Å². The van der Waals surface area contributed by atoms with Crippen molar-refractivity contribution in [1.29, 1.82) is 0 Å². The highest BCUT2D eigenvalue weighted by molar-refractivity contribution is 9.10. The van der Waals surface area contributed by atoms with Crippen molar-refractivity contribution in [3.63, 3.8) is 0 Å². The van der Waals surface area contributed by atoms with Gasteiger partial charge in [-0.05, 0) is 30.7 Å². The lowest BCUT2D eigenvalue weighted by Gasteiger charge is -2.06. The number of rotatable bonds is 3. The number of benzene rings is 1. The van der Waals surface area contributed by atoms with Crippen LogP contribution in [0.2, 0.25) is 0 Å². The number of nitrogens with two attached hydrogens (primary N) is 1. The van der Waals surface area contributed by atoms with E-state index in [9.17, 15) is 0 Å². The van der Waals surface area contributed by atoms with Crippen molar-refractivity contribution in [1.82, 2.24) is 4.98 Å². The van der Waals surface area contributed by atoms with E-state index >= 15 is 0 Å². The number of anilines is 2. The summed E-state index contributed by atoms with van der Waals surface area (Å²) in [6.07, 6.45) is 0. The van der Waals surface area contributed by atoms with Crippen LogP contribution in [-0.4, -0.2) is 4.98 Å². The summed E-state index contributed by atoms with van der Waals surface area (Å²) in [5.74, 6) is 0. The predicted molar refractivity (Wildman–Crippen MR) is 72.7 cm³/mol. The van der Waals surface area contributed by atoms with Crippen molar-refractivity contribution in [3.05, 3.63) is 39.3 Å². The van der Waals surface area contributed by atoms with Gasteiger partial charge in [-0.15, -0.1) is 11.3 Å². The van der Waals surface area contributed by atoms with Crippen molar-refractivity contribution in [2.45, 2.75) is 13.5 Å². The molecule has 0 spiro atoms. The van der Waals surface area contributed by atoms with Gasteiger partial charge in [-0.3, -0.25) is 0 Å². The molecule has 5 heteroatoms. The quantitative estimate of drug-likeness (QED) is 0.913. The third-order valence-corrected chi connectivity index (χ3v) is 3.81. The molecule has 1 heterocycles. The van der Waals surface area contributed by atoms with Gasteiger partial charge in [0.25, 0.3) is 0 Å². The van der Waals surface area contributed by atoms with Gasteiger partial charge in [0.2, 0.25) is 0 Å². The van der Waals surface area contributed by atoms with Gasteiger partial charge < -0.3 is 11.1 Å². The lowest BCUT2D eigenvalue weighted by Crippen LogP contribution is -2.00. The second-order valence-electron chi connectivity index (χ2n) is 3.49. The van der Waals surface area contributed by atoms with Crippen LogP contribution in [0.3, 0.4) is 0 Å². The van der Waals surface area contributed by atoms with Crippen LogP contribution in [0.1, 0.15) is 11.3 Å². The number of nitrogen functional groups attached to an aromatic ring is 1. The lowest BCUT2D eigenvalue weighted by molar-refractivity contribution is 1.08. The van der Waals surface area contributed by atoms with E-state index in [2.05, 4.69) is 39.2 Å². The second kappa shape index (κ2) is 4.84. The maximum Gasteiger partial charge on any atom is 0.180 e. The number of aryl methyl sites for hydroxylation is 1. The largest absolute Gasteiger partial charge is 0.379 e. The molecule has 2 aromatic rings. The van der Waals surface area contributed by atoms with Gasteiger partial charge >= 0.3 is 0 Å². The number of thiazole rings is 1. The van der Waals surface area contributed by atoms with E-state index in [-0.39, 0.29) is 0 Å². The smallest absolute Gasteiger partial charge is 0.180 e. The van der Waals surface area contributed by atoms with Gasteiger partial charge in [0.1, 0.15) is 0 Å². The highest BCUT2D eigenvalue weighted by Gasteiger charge is 2.00. The molecule has 0 radical (unpaired) electrons. The van der Waals surface area contributed by atoms with E-state index in [0.29, 0.717) is 11.7 Å². The fourth-order valence-electron chi connectivity index (χ4n) is 1.35. The van der Waals surface area contributed by atoms with Gasteiger partial charge in [0.05, 0.1) is 12.2 Å². The molecule has 0 aliphatic rings. The van der Waals surface area contributed by atoms with Crippen LogP contribution in [0, 0.1) is 6.92 Å². The van der Waals surface area contributed by atoms with Crippen molar-refractivity contribution in [3.8, 4) is 0 Å². The predicted octanol–water partition coefficient (Wildman–Crippen LogP) is 3.41. The summed E-state index contributed by atoms with van der Waals surface area (Å²) in [5, 5.41) is 5.89. The number of nitrogens with one attached hydrogen (secondary N) is 1. The Morgan fingerprint density at radius 1 is 1.50 bits per heavy atom. The minimum atomic E-state index is 0.615. The summed E-state index contributed by atoms with van der Waals surface area (Å²) in [4.78, 5) is 4.19. The number of hydrogen-bond acceptors (Lipinski definition) is 4. The molecule has 84 valence electrons. The Kier molecular flexibility index (Phi) is 3.46. The molecule has 3 N–H and O–H groups in total. The van der Waals surface area contributed by atoms with Crippen molar-refractivity contribution < 1.29 is 0 Å². The molecule has 0 saturated carbocycles. The SMILES string of the molecule is Cc1cc(NCc2csc(N)n2)ccc1Br. The molecule has 0 aliphatic heterocycles. The number of aromatic nitrogens is 1. The Morgan fingerprint density at radius 3 is 2.94 bits per heavy atom. The molecule has 0 aliphatic carbocycles. The maximum absolute atomic E-state index is 5.56. The molecular formula is C11H12BrN3S. The molecule has 0 saturated heterocycles. The summed E-state index contributed by atoms with van der Waals surface area (Å²) in [6.45, 7) is 2.77. The first-order valence-electron chi connectivity index (χ1n) is 4.85. The zero-order chi connectivity index (χ0) is 11.5. The summed E-state index contributed by atoms with van der Waals surface area (Å²) in [7, 11) is 0. The summed E-state index contributed by atoms with van der Waals surface area (Å²) in [5.41, 5.74) is 8.84. The monoisotopic (exact) mass is 297 g/mol. The van der Waals surface area contributed by atoms with Gasteiger partial charge in [0, 0.05) is 15.5 Å². The third-order valence-electron chi connectivity index (χ3n) is 2.20. The Hall–Kier alpha value is -1.07. The fourth-order valence-corrected chi connectivity index (χ4v) is 2.16. The van der Waals surface area contributed by atoms with Gasteiger partial charge in [-0.1, -0.05) is 15.9 Å². The first-order valence-corrected chi connectivity index (χ1v) is 6.52. The van der Waals surface area contributed by atoms with E-state index in [1.54, 1.807) is 0 Å². The molecule has 0 amide bonds. The average Bonchev–Trinajstić information content (AvgIpc) is 2.66. The Labute approximate surface area is 107 Å². The van der Waals surface area contributed by atoms with Gasteiger partial charge in [0.15, 0.2) is 5.13 Å². The highest BCUT2D eigenvalue weighted by Crippen LogP contribution is 2.20. The first-order chi connectivity index (χ1) is 7.65. The van der Waals surface area contributed by atoms with Crippen molar-refractivity contribution in [2.24, 2.45) is 0 Å². The summed E-state index contributed by atoms with van der Waals surface area (Å²) >= 11 is 4.94. The maximum atomic E-state index is 5.56. The molecule has 0 atom stereocenters. The Morgan fingerprint density at radius 2 is 2.31 bits per heavy atom. The number of nitrogens with zero attached hydrogens (tertiary/aromatic N) is 1. The standard InChI is InChI=1S/C11H12BrN3S/c1-7-4-8(2-3-10(7)12)14-5-9-6-16-11(13)15-9/h2-4,6,14H,5H2,1H3,(H2,13,15). The number of hydrogen-bond donors (Lipinski definition) is 2. The van der Waals surface area contributed by atoms with Crippen molar-refractivity contribution in [2.75, 3.05) is 11.1 Å². The second-order valence-corrected chi connectivity index (χ2v) is 5.24. The van der Waals surface area contributed by atoms with Crippen LogP contribution in [0.5, 0.6) is 0 Å². The van der Waals surface area contributed by atoms with E-state index < -0.39 is 0 Å². The molecule has 1 aromatic carbocycles. The molecule has 1 aromatic heterocycles. The van der Waals surface area contributed by atoms with E-state index in [1.165, 1.54) is 16.9 Å². The third kappa shape index (κ3) is 2.74. The average molecular weight is 298 g/mol. The molecule has 0 fully saturated rings. The molecule has 0 unspecified atom stereocenters.